The van der Waals surface area contributed by atoms with Gasteiger partial charge in [0.25, 0.3) is 0 Å². The highest BCUT2D eigenvalue weighted by Crippen LogP contribution is 2.18. The zero-order chi connectivity index (χ0) is 17.3. The van der Waals surface area contributed by atoms with Crippen molar-refractivity contribution in [2.45, 2.75) is 20.3 Å². The normalized spacial score (nSPS) is 17.1. The molecule has 1 aromatic heterocycles. The standard InChI is InChI=1S/C16H20N4O3S/c1-12-4-6-14(7-5-12)20-15(10-13(2)18-20)17-16(21)11-19-8-3-9-24(19,22)23/h4-7,10H,3,8-9,11H2,1-2H3,(H,17,21). The number of hydrogen-bond donors (Lipinski definition) is 1. The van der Waals surface area contributed by atoms with Crippen LogP contribution in [0.5, 0.6) is 0 Å². The van der Waals surface area contributed by atoms with Gasteiger partial charge in [-0.2, -0.15) is 9.40 Å². The van der Waals surface area contributed by atoms with Crippen molar-refractivity contribution in [2.75, 3.05) is 24.2 Å². The summed E-state index contributed by atoms with van der Waals surface area (Å²) in [5, 5.41) is 7.16. The zero-order valence-electron chi connectivity index (χ0n) is 13.7. The molecular weight excluding hydrogens is 328 g/mol. The van der Waals surface area contributed by atoms with E-state index in [-0.39, 0.29) is 18.2 Å². The van der Waals surface area contributed by atoms with Crippen molar-refractivity contribution in [3.8, 4) is 5.69 Å². The van der Waals surface area contributed by atoms with Gasteiger partial charge < -0.3 is 5.32 Å². The third kappa shape index (κ3) is 3.49. The van der Waals surface area contributed by atoms with Crippen LogP contribution in [0.4, 0.5) is 5.82 Å². The highest BCUT2D eigenvalue weighted by Gasteiger charge is 2.30. The molecule has 1 amide bonds. The minimum Gasteiger partial charge on any atom is -0.309 e. The maximum atomic E-state index is 12.2. The Morgan fingerprint density at radius 2 is 1.96 bits per heavy atom. The molecule has 1 aliphatic rings. The molecule has 1 aromatic carbocycles. The fourth-order valence-corrected chi connectivity index (χ4v) is 4.16. The Balaban J connectivity index is 1.78. The number of anilines is 1. The molecule has 1 fully saturated rings. The number of rotatable bonds is 4. The van der Waals surface area contributed by atoms with Gasteiger partial charge in [-0.15, -0.1) is 0 Å². The van der Waals surface area contributed by atoms with Crippen LogP contribution < -0.4 is 5.32 Å². The molecule has 24 heavy (non-hydrogen) atoms. The van der Waals surface area contributed by atoms with E-state index in [1.165, 1.54) is 4.31 Å². The first-order valence-electron chi connectivity index (χ1n) is 7.76. The molecule has 2 aromatic rings. The zero-order valence-corrected chi connectivity index (χ0v) is 14.5. The molecule has 1 N–H and O–H groups in total. The molecule has 2 heterocycles. The summed E-state index contributed by atoms with van der Waals surface area (Å²) in [6, 6.07) is 9.53. The van der Waals surface area contributed by atoms with Crippen molar-refractivity contribution in [3.63, 3.8) is 0 Å². The summed E-state index contributed by atoms with van der Waals surface area (Å²) < 4.78 is 26.5. The maximum Gasteiger partial charge on any atom is 0.240 e. The fraction of sp³-hybridized carbons (Fsp3) is 0.375. The Labute approximate surface area is 141 Å². The number of aromatic nitrogens is 2. The number of aryl methyl sites for hydroxylation is 2. The van der Waals surface area contributed by atoms with Crippen LogP contribution in [0.15, 0.2) is 30.3 Å². The van der Waals surface area contributed by atoms with Gasteiger partial charge in [0.1, 0.15) is 5.82 Å². The van der Waals surface area contributed by atoms with Crippen LogP contribution in [0.3, 0.4) is 0 Å². The molecule has 1 aliphatic heterocycles. The second-order valence-electron chi connectivity index (χ2n) is 5.97. The number of benzene rings is 1. The molecule has 7 nitrogen and oxygen atoms in total. The number of hydrogen-bond acceptors (Lipinski definition) is 4. The monoisotopic (exact) mass is 348 g/mol. The Morgan fingerprint density at radius 1 is 1.25 bits per heavy atom. The van der Waals surface area contributed by atoms with Gasteiger partial charge >= 0.3 is 0 Å². The molecule has 8 heteroatoms. The van der Waals surface area contributed by atoms with Gasteiger partial charge in [-0.05, 0) is 32.4 Å². The second kappa shape index (κ2) is 6.37. The van der Waals surface area contributed by atoms with Crippen LogP contribution in [-0.4, -0.2) is 47.3 Å². The lowest BCUT2D eigenvalue weighted by molar-refractivity contribution is -0.116. The smallest absolute Gasteiger partial charge is 0.240 e. The summed E-state index contributed by atoms with van der Waals surface area (Å²) in [5.74, 6) is 0.271. The van der Waals surface area contributed by atoms with Crippen LogP contribution in [0, 0.1) is 13.8 Å². The van der Waals surface area contributed by atoms with Crippen molar-refractivity contribution in [1.82, 2.24) is 14.1 Å². The largest absolute Gasteiger partial charge is 0.309 e. The van der Waals surface area contributed by atoms with E-state index in [0.717, 1.165) is 16.9 Å². The van der Waals surface area contributed by atoms with Gasteiger partial charge in [-0.3, -0.25) is 4.79 Å². The summed E-state index contributed by atoms with van der Waals surface area (Å²) in [5.41, 5.74) is 2.73. The number of carbonyl (C=O) groups is 1. The summed E-state index contributed by atoms with van der Waals surface area (Å²) in [6.07, 6.45) is 0.565. The Morgan fingerprint density at radius 3 is 2.58 bits per heavy atom. The third-order valence-electron chi connectivity index (χ3n) is 3.90. The van der Waals surface area contributed by atoms with Gasteiger partial charge in [0, 0.05) is 12.6 Å². The van der Waals surface area contributed by atoms with Crippen molar-refractivity contribution < 1.29 is 13.2 Å². The van der Waals surface area contributed by atoms with Crippen LogP contribution in [0.2, 0.25) is 0 Å². The average Bonchev–Trinajstić information content (AvgIpc) is 3.02. The summed E-state index contributed by atoms with van der Waals surface area (Å²) in [4.78, 5) is 12.2. The lowest BCUT2D eigenvalue weighted by Gasteiger charge is -2.14. The molecular formula is C16H20N4O3S. The van der Waals surface area contributed by atoms with E-state index in [0.29, 0.717) is 18.8 Å². The molecule has 0 radical (unpaired) electrons. The Kier molecular flexibility index (Phi) is 4.42. The number of amides is 1. The van der Waals surface area contributed by atoms with Gasteiger partial charge in [-0.25, -0.2) is 13.1 Å². The first-order chi connectivity index (χ1) is 11.3. The molecule has 0 spiro atoms. The first kappa shape index (κ1) is 16.7. The number of sulfonamides is 1. The van der Waals surface area contributed by atoms with Crippen LogP contribution in [0.1, 0.15) is 17.7 Å². The first-order valence-corrected chi connectivity index (χ1v) is 9.37. The van der Waals surface area contributed by atoms with E-state index in [1.54, 1.807) is 10.7 Å². The van der Waals surface area contributed by atoms with E-state index in [9.17, 15) is 13.2 Å². The molecule has 0 aliphatic carbocycles. The SMILES string of the molecule is Cc1ccc(-n2nc(C)cc2NC(=O)CN2CCCS2(=O)=O)cc1. The number of carbonyl (C=O) groups excluding carboxylic acids is 1. The van der Waals surface area contributed by atoms with E-state index >= 15 is 0 Å². The van der Waals surface area contributed by atoms with E-state index in [4.69, 9.17) is 0 Å². The number of nitrogens with zero attached hydrogens (tertiary/aromatic N) is 3. The van der Waals surface area contributed by atoms with E-state index in [2.05, 4.69) is 10.4 Å². The van der Waals surface area contributed by atoms with Crippen LogP contribution in [0.25, 0.3) is 5.69 Å². The predicted octanol–water partition coefficient (Wildman–Crippen LogP) is 1.46. The molecule has 0 saturated carbocycles. The quantitative estimate of drug-likeness (QED) is 0.907. The summed E-state index contributed by atoms with van der Waals surface area (Å²) >= 11 is 0. The Bertz CT molecular complexity index is 856. The highest BCUT2D eigenvalue weighted by atomic mass is 32.2. The van der Waals surface area contributed by atoms with Crippen molar-refractivity contribution in [1.29, 1.82) is 0 Å². The molecule has 128 valence electrons. The van der Waals surface area contributed by atoms with Gasteiger partial charge in [0.2, 0.25) is 15.9 Å². The minimum absolute atomic E-state index is 0.112. The predicted molar refractivity (Wildman–Crippen MR) is 91.6 cm³/mol. The van der Waals surface area contributed by atoms with E-state index in [1.807, 2.05) is 38.1 Å². The second-order valence-corrected chi connectivity index (χ2v) is 8.06. The highest BCUT2D eigenvalue weighted by molar-refractivity contribution is 7.89. The molecule has 1 saturated heterocycles. The molecule has 0 bridgehead atoms. The maximum absolute atomic E-state index is 12.2. The van der Waals surface area contributed by atoms with E-state index < -0.39 is 10.0 Å². The van der Waals surface area contributed by atoms with Gasteiger partial charge in [-0.1, -0.05) is 17.7 Å². The fourth-order valence-electron chi connectivity index (χ4n) is 2.68. The van der Waals surface area contributed by atoms with Crippen molar-refractivity contribution in [3.05, 3.63) is 41.6 Å². The van der Waals surface area contributed by atoms with Crippen molar-refractivity contribution in [2.24, 2.45) is 0 Å². The van der Waals surface area contributed by atoms with Gasteiger partial charge in [0.15, 0.2) is 0 Å². The minimum atomic E-state index is -3.29. The topological polar surface area (TPSA) is 84.3 Å². The lowest BCUT2D eigenvalue weighted by Crippen LogP contribution is -2.34. The number of nitrogens with one attached hydrogen (secondary N) is 1. The molecule has 3 rings (SSSR count). The van der Waals surface area contributed by atoms with Crippen LogP contribution in [-0.2, 0) is 14.8 Å². The molecule has 0 atom stereocenters. The van der Waals surface area contributed by atoms with Crippen LogP contribution >= 0.6 is 0 Å². The van der Waals surface area contributed by atoms with Crippen molar-refractivity contribution >= 4 is 21.7 Å². The Hall–Kier alpha value is -2.19. The summed E-state index contributed by atoms with van der Waals surface area (Å²) in [7, 11) is -3.29. The summed E-state index contributed by atoms with van der Waals surface area (Å²) in [6.45, 7) is 4.06. The molecule has 0 unspecified atom stereocenters. The average molecular weight is 348 g/mol. The van der Waals surface area contributed by atoms with Gasteiger partial charge in [0.05, 0.1) is 23.7 Å². The third-order valence-corrected chi connectivity index (χ3v) is 5.80. The lowest BCUT2D eigenvalue weighted by atomic mass is 10.2.